The highest BCUT2D eigenvalue weighted by Crippen LogP contribution is 2.28. The third-order valence-electron chi connectivity index (χ3n) is 3.71. The van der Waals surface area contributed by atoms with E-state index in [1.54, 1.807) is 12.7 Å². The molecular formula is C16H30N6O. The van der Waals surface area contributed by atoms with E-state index in [4.69, 9.17) is 4.74 Å². The van der Waals surface area contributed by atoms with Crippen molar-refractivity contribution in [3.05, 3.63) is 12.7 Å². The average molecular weight is 322 g/mol. The summed E-state index contributed by atoms with van der Waals surface area (Å²) in [6, 6.07) is 0. The predicted octanol–water partition coefficient (Wildman–Crippen LogP) is 1.43. The fraction of sp³-hybridized carbons (Fsp3) is 0.812. The fourth-order valence-corrected chi connectivity index (χ4v) is 2.20. The summed E-state index contributed by atoms with van der Waals surface area (Å²) in [4.78, 5) is 4.58. The predicted molar refractivity (Wildman–Crippen MR) is 91.4 cm³/mol. The van der Waals surface area contributed by atoms with Crippen molar-refractivity contribution in [2.45, 2.75) is 45.6 Å². The Morgan fingerprint density at radius 2 is 2.04 bits per heavy atom. The number of aliphatic imine (C=N–C) groups is 1. The monoisotopic (exact) mass is 322 g/mol. The van der Waals surface area contributed by atoms with E-state index in [1.165, 1.54) is 12.8 Å². The number of hydrogen-bond acceptors (Lipinski definition) is 4. The van der Waals surface area contributed by atoms with Crippen LogP contribution in [0.2, 0.25) is 0 Å². The molecule has 0 unspecified atom stereocenters. The van der Waals surface area contributed by atoms with E-state index in [-0.39, 0.29) is 0 Å². The van der Waals surface area contributed by atoms with Crippen molar-refractivity contribution in [2.75, 3.05) is 32.8 Å². The molecule has 2 N–H and O–H groups in total. The number of aromatic nitrogens is 3. The molecule has 7 nitrogen and oxygen atoms in total. The maximum absolute atomic E-state index is 5.63. The lowest BCUT2D eigenvalue weighted by molar-refractivity contribution is 0.123. The zero-order valence-electron chi connectivity index (χ0n) is 14.2. The van der Waals surface area contributed by atoms with Gasteiger partial charge in [0.15, 0.2) is 5.96 Å². The van der Waals surface area contributed by atoms with Crippen molar-refractivity contribution < 1.29 is 4.74 Å². The molecule has 1 aliphatic carbocycles. The molecule has 1 fully saturated rings. The number of nitrogens with zero attached hydrogens (tertiary/aromatic N) is 4. The summed E-state index contributed by atoms with van der Waals surface area (Å²) >= 11 is 0. The molecule has 0 spiro atoms. The second-order valence-electron chi connectivity index (χ2n) is 5.97. The Hall–Kier alpha value is -1.63. The summed E-state index contributed by atoms with van der Waals surface area (Å²) in [5.74, 6) is 1.74. The lowest BCUT2D eigenvalue weighted by atomic mass is 10.3. The Kier molecular flexibility index (Phi) is 8.47. The Labute approximate surface area is 138 Å². The number of unbranched alkanes of at least 4 members (excludes halogenated alkanes) is 1. The van der Waals surface area contributed by atoms with Crippen molar-refractivity contribution in [3.63, 3.8) is 0 Å². The first-order valence-corrected chi connectivity index (χ1v) is 8.81. The van der Waals surface area contributed by atoms with Gasteiger partial charge in [0.2, 0.25) is 0 Å². The van der Waals surface area contributed by atoms with Gasteiger partial charge in [0.25, 0.3) is 0 Å². The molecule has 0 amide bonds. The van der Waals surface area contributed by atoms with Gasteiger partial charge in [0.05, 0.1) is 0 Å². The van der Waals surface area contributed by atoms with E-state index >= 15 is 0 Å². The van der Waals surface area contributed by atoms with Crippen LogP contribution in [0, 0.1) is 5.92 Å². The van der Waals surface area contributed by atoms with Gasteiger partial charge in [-0.15, -0.1) is 10.2 Å². The van der Waals surface area contributed by atoms with E-state index in [1.807, 2.05) is 4.57 Å². The molecule has 130 valence electrons. The van der Waals surface area contributed by atoms with Crippen LogP contribution in [0.3, 0.4) is 0 Å². The number of rotatable bonds is 12. The van der Waals surface area contributed by atoms with Crippen LogP contribution >= 0.6 is 0 Å². The number of guanidine groups is 1. The Morgan fingerprint density at radius 3 is 2.78 bits per heavy atom. The van der Waals surface area contributed by atoms with Gasteiger partial charge in [-0.3, -0.25) is 4.99 Å². The first-order chi connectivity index (χ1) is 11.4. The minimum absolute atomic E-state index is 0.806. The van der Waals surface area contributed by atoms with E-state index in [9.17, 15) is 0 Å². The van der Waals surface area contributed by atoms with Gasteiger partial charge in [0, 0.05) is 39.4 Å². The zero-order valence-corrected chi connectivity index (χ0v) is 14.2. The van der Waals surface area contributed by atoms with Crippen molar-refractivity contribution in [1.82, 2.24) is 25.4 Å². The van der Waals surface area contributed by atoms with Gasteiger partial charge in [-0.1, -0.05) is 0 Å². The van der Waals surface area contributed by atoms with Crippen LogP contribution in [-0.2, 0) is 11.3 Å². The Morgan fingerprint density at radius 1 is 1.22 bits per heavy atom. The van der Waals surface area contributed by atoms with E-state index in [2.05, 4.69) is 32.7 Å². The van der Waals surface area contributed by atoms with Crippen molar-refractivity contribution in [3.8, 4) is 0 Å². The molecule has 1 heterocycles. The van der Waals surface area contributed by atoms with E-state index in [0.717, 1.165) is 70.5 Å². The van der Waals surface area contributed by atoms with Crippen LogP contribution in [0.4, 0.5) is 0 Å². The molecule has 0 aliphatic heterocycles. The van der Waals surface area contributed by atoms with Gasteiger partial charge >= 0.3 is 0 Å². The minimum atomic E-state index is 0.806. The van der Waals surface area contributed by atoms with Crippen LogP contribution in [0.1, 0.15) is 39.0 Å². The molecular weight excluding hydrogens is 292 g/mol. The van der Waals surface area contributed by atoms with Gasteiger partial charge in [-0.25, -0.2) is 0 Å². The average Bonchev–Trinajstić information content (AvgIpc) is 3.23. The first kappa shape index (κ1) is 17.7. The molecule has 1 aliphatic rings. The van der Waals surface area contributed by atoms with Gasteiger partial charge < -0.3 is 19.9 Å². The SMILES string of the molecule is CCNC(=NCCCOCC1CC1)NCCCCn1cnnc1. The third kappa shape index (κ3) is 8.54. The zero-order chi connectivity index (χ0) is 16.2. The van der Waals surface area contributed by atoms with Gasteiger partial charge in [-0.05, 0) is 44.9 Å². The maximum atomic E-state index is 5.63. The molecule has 23 heavy (non-hydrogen) atoms. The molecule has 0 aromatic carbocycles. The molecule has 1 aromatic rings. The quantitative estimate of drug-likeness (QED) is 0.346. The van der Waals surface area contributed by atoms with Crippen LogP contribution in [-0.4, -0.2) is 53.6 Å². The second kappa shape index (κ2) is 11.0. The number of aryl methyl sites for hydroxylation is 1. The number of nitrogens with one attached hydrogen (secondary N) is 2. The van der Waals surface area contributed by atoms with Crippen LogP contribution in [0.5, 0.6) is 0 Å². The van der Waals surface area contributed by atoms with E-state index in [0.29, 0.717) is 0 Å². The number of ether oxygens (including phenoxy) is 1. The molecule has 1 saturated carbocycles. The third-order valence-corrected chi connectivity index (χ3v) is 3.71. The molecule has 0 radical (unpaired) electrons. The minimum Gasteiger partial charge on any atom is -0.381 e. The molecule has 0 saturated heterocycles. The summed E-state index contributed by atoms with van der Waals surface area (Å²) in [6.45, 7) is 7.41. The largest absolute Gasteiger partial charge is 0.381 e. The lowest BCUT2D eigenvalue weighted by Gasteiger charge is -2.11. The normalized spacial score (nSPS) is 14.9. The smallest absolute Gasteiger partial charge is 0.191 e. The van der Waals surface area contributed by atoms with Crippen LogP contribution in [0.15, 0.2) is 17.6 Å². The highest BCUT2D eigenvalue weighted by Gasteiger charge is 2.20. The summed E-state index contributed by atoms with van der Waals surface area (Å²) in [6.07, 6.45) is 9.38. The van der Waals surface area contributed by atoms with E-state index < -0.39 is 0 Å². The summed E-state index contributed by atoms with van der Waals surface area (Å²) < 4.78 is 7.63. The van der Waals surface area contributed by atoms with Crippen molar-refractivity contribution >= 4 is 5.96 Å². The maximum Gasteiger partial charge on any atom is 0.191 e. The van der Waals surface area contributed by atoms with Gasteiger partial charge in [-0.2, -0.15) is 0 Å². The van der Waals surface area contributed by atoms with Crippen molar-refractivity contribution in [1.29, 1.82) is 0 Å². The molecule has 7 heteroatoms. The fourth-order valence-electron chi connectivity index (χ4n) is 2.20. The van der Waals surface area contributed by atoms with Gasteiger partial charge in [0.1, 0.15) is 12.7 Å². The summed E-state index contributed by atoms with van der Waals surface area (Å²) in [7, 11) is 0. The topological polar surface area (TPSA) is 76.4 Å². The highest BCUT2D eigenvalue weighted by molar-refractivity contribution is 5.79. The molecule has 0 atom stereocenters. The number of hydrogen-bond donors (Lipinski definition) is 2. The Bertz CT molecular complexity index is 430. The standard InChI is InChI=1S/C16H30N6O/c1-2-17-16(19-9-5-11-23-12-15-6-7-15)18-8-3-4-10-22-13-20-21-14-22/h13-15H,2-12H2,1H3,(H2,17,18,19). The van der Waals surface area contributed by atoms with Crippen LogP contribution in [0.25, 0.3) is 0 Å². The van der Waals surface area contributed by atoms with Crippen LogP contribution < -0.4 is 10.6 Å². The van der Waals surface area contributed by atoms with Crippen molar-refractivity contribution in [2.24, 2.45) is 10.9 Å². The molecule has 1 aromatic heterocycles. The first-order valence-electron chi connectivity index (χ1n) is 8.81. The summed E-state index contributed by atoms with van der Waals surface area (Å²) in [5.41, 5.74) is 0. The molecule has 0 bridgehead atoms. The molecule has 2 rings (SSSR count). The Balaban J connectivity index is 1.49. The lowest BCUT2D eigenvalue weighted by Crippen LogP contribution is -2.38. The second-order valence-corrected chi connectivity index (χ2v) is 5.97. The highest BCUT2D eigenvalue weighted by atomic mass is 16.5. The summed E-state index contributed by atoms with van der Waals surface area (Å²) in [5, 5.41) is 14.3.